The van der Waals surface area contributed by atoms with Crippen molar-refractivity contribution in [3.63, 3.8) is 0 Å². The van der Waals surface area contributed by atoms with Gasteiger partial charge >= 0.3 is 0 Å². The van der Waals surface area contributed by atoms with E-state index in [9.17, 15) is 0 Å². The third-order valence-corrected chi connectivity index (χ3v) is 14.2. The van der Waals surface area contributed by atoms with Crippen LogP contribution in [0.4, 0.5) is 17.1 Å². The van der Waals surface area contributed by atoms with Gasteiger partial charge in [0.25, 0.3) is 0 Å². The lowest BCUT2D eigenvalue weighted by molar-refractivity contribution is 0.436. The lowest BCUT2D eigenvalue weighted by Crippen LogP contribution is -2.32. The molecular weight excluding hydrogens is 767 g/mol. The summed E-state index contributed by atoms with van der Waals surface area (Å²) in [5, 5.41) is 2.37. The second-order valence-electron chi connectivity index (χ2n) is 17.1. The molecule has 4 aliphatic rings. The zero-order chi connectivity index (χ0) is 41.3. The van der Waals surface area contributed by atoms with Gasteiger partial charge < -0.3 is 14.4 Å². The molecule has 3 nitrogen and oxygen atoms in total. The molecule has 0 bridgehead atoms. The Morgan fingerprint density at radius 2 is 0.651 bits per heavy atom. The molecule has 0 amide bonds. The Morgan fingerprint density at radius 3 is 1.13 bits per heavy atom. The van der Waals surface area contributed by atoms with Gasteiger partial charge in [-0.1, -0.05) is 170 Å². The van der Waals surface area contributed by atoms with Crippen LogP contribution in [0.5, 0.6) is 23.0 Å². The van der Waals surface area contributed by atoms with E-state index in [1.54, 1.807) is 0 Å². The van der Waals surface area contributed by atoms with E-state index >= 15 is 0 Å². The van der Waals surface area contributed by atoms with Crippen LogP contribution in [0, 0.1) is 0 Å². The van der Waals surface area contributed by atoms with Crippen LogP contribution in [0.15, 0.2) is 224 Å². The molecule has 0 N–H and O–H groups in total. The van der Waals surface area contributed by atoms with E-state index in [-0.39, 0.29) is 0 Å². The summed E-state index contributed by atoms with van der Waals surface area (Å²) in [6.45, 7) is 0. The largest absolute Gasteiger partial charge is 0.457 e. The number of para-hydroxylation sites is 4. The summed E-state index contributed by atoms with van der Waals surface area (Å²) in [4.78, 5) is 2.49. The SMILES string of the molecule is c1ccc2c(c1)Oc1ccccc1C21c2ccccc2-c2ccc(N(c3ccc4c(c3)C3(c5ccccc5Oc5ccccc53)c3ccccc3-4)c3cccc4ccccc34)cc21. The van der Waals surface area contributed by atoms with Crippen molar-refractivity contribution in [2.45, 2.75) is 10.8 Å². The first-order valence-corrected chi connectivity index (χ1v) is 21.7. The smallest absolute Gasteiger partial charge is 0.132 e. The molecule has 0 saturated heterocycles. The normalized spacial score (nSPS) is 14.5. The Bertz CT molecular complexity index is 3270. The van der Waals surface area contributed by atoms with E-state index in [4.69, 9.17) is 9.47 Å². The summed E-state index contributed by atoms with van der Waals surface area (Å²) in [5.41, 5.74) is 16.7. The number of hydrogen-bond donors (Lipinski definition) is 0. The number of benzene rings is 10. The summed E-state index contributed by atoms with van der Waals surface area (Å²) < 4.78 is 13.4. The fourth-order valence-corrected chi connectivity index (χ4v) is 11.8. The molecule has 0 unspecified atom stereocenters. The molecule has 0 saturated carbocycles. The first-order chi connectivity index (χ1) is 31.2. The van der Waals surface area contributed by atoms with Crippen LogP contribution < -0.4 is 14.4 Å². The number of hydrogen-bond acceptors (Lipinski definition) is 3. The summed E-state index contributed by atoms with van der Waals surface area (Å²) in [5.74, 6) is 3.54. The fourth-order valence-electron chi connectivity index (χ4n) is 11.8. The average Bonchev–Trinajstić information content (AvgIpc) is 3.79. The van der Waals surface area contributed by atoms with Crippen molar-refractivity contribution in [3.8, 4) is 45.3 Å². The molecule has 14 rings (SSSR count). The monoisotopic (exact) mass is 803 g/mol. The van der Waals surface area contributed by atoms with Gasteiger partial charge in [-0.25, -0.2) is 0 Å². The van der Waals surface area contributed by atoms with Crippen molar-refractivity contribution < 1.29 is 9.47 Å². The van der Waals surface area contributed by atoms with Gasteiger partial charge in [-0.2, -0.15) is 0 Å². The lowest BCUT2D eigenvalue weighted by Gasteiger charge is -2.40. The minimum absolute atomic E-state index is 0.600. The Morgan fingerprint density at radius 1 is 0.286 bits per heavy atom. The summed E-state index contributed by atoms with van der Waals surface area (Å²) in [7, 11) is 0. The quantitative estimate of drug-likeness (QED) is 0.178. The van der Waals surface area contributed by atoms with Crippen molar-refractivity contribution in [1.29, 1.82) is 0 Å². The summed E-state index contributed by atoms with van der Waals surface area (Å²) in [6.07, 6.45) is 0. The van der Waals surface area contributed by atoms with E-state index < -0.39 is 10.8 Å². The molecule has 2 heterocycles. The van der Waals surface area contributed by atoms with Crippen LogP contribution in [0.2, 0.25) is 0 Å². The van der Waals surface area contributed by atoms with E-state index in [1.807, 2.05) is 0 Å². The minimum atomic E-state index is -0.600. The maximum absolute atomic E-state index is 6.71. The number of anilines is 3. The molecule has 2 spiro atoms. The Labute approximate surface area is 365 Å². The molecular formula is C60H37NO2. The molecule has 0 radical (unpaired) electrons. The highest BCUT2D eigenvalue weighted by atomic mass is 16.5. The van der Waals surface area contributed by atoms with Gasteiger partial charge in [0.2, 0.25) is 0 Å². The zero-order valence-electron chi connectivity index (χ0n) is 34.1. The Kier molecular flexibility index (Phi) is 6.97. The zero-order valence-corrected chi connectivity index (χ0v) is 34.1. The number of rotatable bonds is 3. The summed E-state index contributed by atoms with van der Waals surface area (Å²) in [6, 6.07) is 82.0. The van der Waals surface area contributed by atoms with Crippen LogP contribution in [-0.2, 0) is 10.8 Å². The third kappa shape index (κ3) is 4.43. The molecule has 2 aliphatic carbocycles. The highest BCUT2D eigenvalue weighted by Gasteiger charge is 2.53. The molecule has 63 heavy (non-hydrogen) atoms. The highest BCUT2D eigenvalue weighted by molar-refractivity contribution is 6.01. The van der Waals surface area contributed by atoms with E-state index in [1.165, 1.54) is 55.3 Å². The van der Waals surface area contributed by atoms with E-state index in [2.05, 4.69) is 229 Å². The van der Waals surface area contributed by atoms with Gasteiger partial charge in [-0.05, 0) is 104 Å². The van der Waals surface area contributed by atoms with Gasteiger partial charge in [0, 0.05) is 39.0 Å². The van der Waals surface area contributed by atoms with Crippen molar-refractivity contribution in [1.82, 2.24) is 0 Å². The molecule has 294 valence electrons. The van der Waals surface area contributed by atoms with Crippen LogP contribution >= 0.6 is 0 Å². The molecule has 3 heteroatoms. The van der Waals surface area contributed by atoms with Gasteiger partial charge in [-0.3, -0.25) is 0 Å². The number of nitrogens with zero attached hydrogens (tertiary/aromatic N) is 1. The predicted molar refractivity (Wildman–Crippen MR) is 253 cm³/mol. The average molecular weight is 804 g/mol. The Balaban J connectivity index is 1.07. The van der Waals surface area contributed by atoms with E-state index in [0.717, 1.165) is 62.3 Å². The number of ether oxygens (including phenoxy) is 2. The van der Waals surface area contributed by atoms with Gasteiger partial charge in [-0.15, -0.1) is 0 Å². The lowest BCUT2D eigenvalue weighted by atomic mass is 9.66. The maximum atomic E-state index is 6.71. The van der Waals surface area contributed by atoms with Gasteiger partial charge in [0.15, 0.2) is 0 Å². The molecule has 2 aliphatic heterocycles. The van der Waals surface area contributed by atoms with Crippen LogP contribution in [-0.4, -0.2) is 0 Å². The summed E-state index contributed by atoms with van der Waals surface area (Å²) >= 11 is 0. The topological polar surface area (TPSA) is 21.7 Å². The van der Waals surface area contributed by atoms with E-state index in [0.29, 0.717) is 0 Å². The Hall–Kier alpha value is -8.14. The van der Waals surface area contributed by atoms with Crippen molar-refractivity contribution in [2.24, 2.45) is 0 Å². The molecule has 10 aromatic rings. The highest BCUT2D eigenvalue weighted by Crippen LogP contribution is 2.65. The third-order valence-electron chi connectivity index (χ3n) is 14.2. The standard InChI is InChI=1S/C60H37NO2/c1-2-18-41-38(16-1)17-15-27-54(41)61(39-32-34-44-42-19-3-5-21-46(42)59(52(44)36-39)48-23-7-11-28-55(48)62-56-29-12-8-24-49(56)59)40-33-35-45-43-20-4-6-22-47(43)60(53(45)37-40)50-25-9-13-30-57(50)63-58-31-14-10-26-51(58)60/h1-37H. The number of fused-ring (bicyclic) bond motifs is 19. The minimum Gasteiger partial charge on any atom is -0.457 e. The first-order valence-electron chi connectivity index (χ1n) is 21.7. The fraction of sp³-hybridized carbons (Fsp3) is 0.0333. The van der Waals surface area contributed by atoms with Crippen molar-refractivity contribution in [2.75, 3.05) is 4.90 Å². The predicted octanol–water partition coefficient (Wildman–Crippen LogP) is 15.2. The van der Waals surface area contributed by atoms with Gasteiger partial charge in [0.1, 0.15) is 23.0 Å². The molecule has 10 aromatic carbocycles. The van der Waals surface area contributed by atoms with Crippen LogP contribution in [0.1, 0.15) is 44.5 Å². The van der Waals surface area contributed by atoms with Crippen LogP contribution in [0.3, 0.4) is 0 Å². The second-order valence-corrected chi connectivity index (χ2v) is 17.1. The molecule has 0 atom stereocenters. The first kappa shape index (κ1) is 34.6. The van der Waals surface area contributed by atoms with Crippen molar-refractivity contribution in [3.05, 3.63) is 269 Å². The second kappa shape index (κ2) is 12.7. The maximum Gasteiger partial charge on any atom is 0.132 e. The van der Waals surface area contributed by atoms with Gasteiger partial charge in [0.05, 0.1) is 16.5 Å². The van der Waals surface area contributed by atoms with Crippen molar-refractivity contribution >= 4 is 27.8 Å². The van der Waals surface area contributed by atoms with Crippen LogP contribution in [0.25, 0.3) is 33.0 Å². The molecule has 0 fully saturated rings. The molecule has 0 aromatic heterocycles.